The normalized spacial score (nSPS) is 19.5. The third-order valence-electron chi connectivity index (χ3n) is 6.19. The van der Waals surface area contributed by atoms with Crippen LogP contribution < -0.4 is 4.90 Å². The van der Waals surface area contributed by atoms with Crippen LogP contribution in [0.2, 0.25) is 0 Å². The van der Waals surface area contributed by atoms with E-state index in [0.717, 1.165) is 60.8 Å². The van der Waals surface area contributed by atoms with Gasteiger partial charge in [0.05, 0.1) is 18.8 Å². The van der Waals surface area contributed by atoms with Crippen molar-refractivity contribution in [2.24, 2.45) is 5.92 Å². The molecule has 3 aromatic rings. The average Bonchev–Trinajstić information content (AvgIpc) is 3.49. The molecule has 5 rings (SSSR count). The number of pyridine rings is 1. The molecule has 5 heterocycles. The molecule has 166 valence electrons. The van der Waals surface area contributed by atoms with Crippen LogP contribution in [0.25, 0.3) is 5.82 Å². The predicted octanol–water partition coefficient (Wildman–Crippen LogP) is 2.80. The summed E-state index contributed by atoms with van der Waals surface area (Å²) in [5, 5.41) is 5.92. The smallest absolute Gasteiger partial charge is 0.249 e. The number of hydroxylamine groups is 2. The van der Waals surface area contributed by atoms with E-state index in [1.54, 1.807) is 22.3 Å². The summed E-state index contributed by atoms with van der Waals surface area (Å²) in [6, 6.07) is 5.90. The van der Waals surface area contributed by atoms with Gasteiger partial charge in [-0.25, -0.2) is 19.7 Å². The van der Waals surface area contributed by atoms with Crippen molar-refractivity contribution in [1.82, 2.24) is 29.8 Å². The fourth-order valence-corrected chi connectivity index (χ4v) is 4.37. The van der Waals surface area contributed by atoms with E-state index in [0.29, 0.717) is 6.61 Å². The topological polar surface area (TPSA) is 89.3 Å². The molecule has 2 saturated heterocycles. The van der Waals surface area contributed by atoms with Crippen LogP contribution in [-0.2, 0) is 9.63 Å². The molecule has 0 spiro atoms. The second-order valence-corrected chi connectivity index (χ2v) is 8.49. The number of carbonyl (C=O) groups is 1. The highest BCUT2D eigenvalue weighted by Gasteiger charge is 2.37. The van der Waals surface area contributed by atoms with Gasteiger partial charge in [-0.3, -0.25) is 14.6 Å². The molecule has 9 nitrogen and oxygen atoms in total. The molecule has 2 aliphatic rings. The maximum Gasteiger partial charge on any atom is 0.249 e. The van der Waals surface area contributed by atoms with Crippen LogP contribution in [0.5, 0.6) is 0 Å². The zero-order chi connectivity index (χ0) is 22.1. The highest BCUT2D eigenvalue weighted by atomic mass is 16.7. The van der Waals surface area contributed by atoms with Crippen LogP contribution in [0.15, 0.2) is 43.1 Å². The van der Waals surface area contributed by atoms with Crippen molar-refractivity contribution < 1.29 is 9.63 Å². The van der Waals surface area contributed by atoms with E-state index >= 15 is 0 Å². The number of piperidine rings is 1. The van der Waals surface area contributed by atoms with E-state index in [1.165, 1.54) is 0 Å². The fourth-order valence-electron chi connectivity index (χ4n) is 4.37. The fraction of sp³-hybridized carbons (Fsp3) is 0.435. The Balaban J connectivity index is 1.24. The van der Waals surface area contributed by atoms with E-state index in [9.17, 15) is 4.79 Å². The number of aromatic nitrogens is 5. The molecule has 9 heteroatoms. The second-order valence-electron chi connectivity index (χ2n) is 8.49. The summed E-state index contributed by atoms with van der Waals surface area (Å²) in [5.41, 5.74) is 3.07. The van der Waals surface area contributed by atoms with Crippen molar-refractivity contribution >= 4 is 11.7 Å². The second kappa shape index (κ2) is 8.66. The van der Waals surface area contributed by atoms with Crippen LogP contribution in [0.4, 0.5) is 5.82 Å². The Labute approximate surface area is 187 Å². The molecular formula is C23H27N7O2. The standard InChI is InChI=1S/C23H27N7O2/c1-16-12-27-29(14-16)22-11-21(25-15-26-22)28-8-5-18(6-9-28)23(31)30-20(7-10-32-30)19-4-3-17(2)24-13-19/h3-4,11-15,18,20H,5-10H2,1-2H3/t20-/m0/s1. The summed E-state index contributed by atoms with van der Waals surface area (Å²) in [7, 11) is 0. The van der Waals surface area contributed by atoms with E-state index in [4.69, 9.17) is 4.84 Å². The Morgan fingerprint density at radius 1 is 1.03 bits per heavy atom. The molecule has 0 N–H and O–H groups in total. The Hall–Kier alpha value is -3.33. The molecule has 1 atom stereocenters. The van der Waals surface area contributed by atoms with E-state index < -0.39 is 0 Å². The number of aryl methyl sites for hydroxylation is 2. The maximum absolute atomic E-state index is 13.3. The third-order valence-corrected chi connectivity index (χ3v) is 6.19. The first kappa shape index (κ1) is 20.6. The monoisotopic (exact) mass is 433 g/mol. The first-order chi connectivity index (χ1) is 15.6. The van der Waals surface area contributed by atoms with Gasteiger partial charge in [0.25, 0.3) is 0 Å². The largest absolute Gasteiger partial charge is 0.356 e. The molecular weight excluding hydrogens is 406 g/mol. The minimum atomic E-state index is -0.0596. The van der Waals surface area contributed by atoms with Gasteiger partial charge in [-0.15, -0.1) is 0 Å². The van der Waals surface area contributed by atoms with Gasteiger partial charge in [-0.2, -0.15) is 5.10 Å². The highest BCUT2D eigenvalue weighted by Crippen LogP contribution is 2.33. The third kappa shape index (κ3) is 4.08. The Kier molecular flexibility index (Phi) is 5.57. The molecule has 2 aliphatic heterocycles. The summed E-state index contributed by atoms with van der Waals surface area (Å²) < 4.78 is 1.75. The van der Waals surface area contributed by atoms with Gasteiger partial charge in [0.1, 0.15) is 12.1 Å². The van der Waals surface area contributed by atoms with Gasteiger partial charge in [-0.1, -0.05) is 6.07 Å². The predicted molar refractivity (Wildman–Crippen MR) is 118 cm³/mol. The number of anilines is 1. The van der Waals surface area contributed by atoms with Crippen molar-refractivity contribution in [3.05, 3.63) is 59.9 Å². The number of rotatable bonds is 4. The molecule has 0 saturated carbocycles. The Bertz CT molecular complexity index is 1090. The summed E-state index contributed by atoms with van der Waals surface area (Å²) in [5.74, 6) is 1.61. The lowest BCUT2D eigenvalue weighted by Crippen LogP contribution is -2.42. The average molecular weight is 434 g/mol. The number of nitrogens with zero attached hydrogens (tertiary/aromatic N) is 7. The van der Waals surface area contributed by atoms with Crippen molar-refractivity contribution in [3.8, 4) is 5.82 Å². The minimum Gasteiger partial charge on any atom is -0.356 e. The molecule has 32 heavy (non-hydrogen) atoms. The number of amides is 1. The lowest BCUT2D eigenvalue weighted by atomic mass is 9.94. The van der Waals surface area contributed by atoms with Gasteiger partial charge in [0.2, 0.25) is 5.91 Å². The van der Waals surface area contributed by atoms with Crippen molar-refractivity contribution in [3.63, 3.8) is 0 Å². The van der Waals surface area contributed by atoms with Gasteiger partial charge < -0.3 is 4.90 Å². The molecule has 0 bridgehead atoms. The molecule has 0 unspecified atom stereocenters. The molecule has 0 aromatic carbocycles. The summed E-state index contributed by atoms with van der Waals surface area (Å²) in [6.07, 6.45) is 9.48. The van der Waals surface area contributed by atoms with Crippen LogP contribution >= 0.6 is 0 Å². The van der Waals surface area contributed by atoms with Gasteiger partial charge >= 0.3 is 0 Å². The van der Waals surface area contributed by atoms with Crippen LogP contribution in [0, 0.1) is 19.8 Å². The van der Waals surface area contributed by atoms with Crippen LogP contribution in [0.3, 0.4) is 0 Å². The summed E-state index contributed by atoms with van der Waals surface area (Å²) in [6.45, 7) is 6.03. The first-order valence-corrected chi connectivity index (χ1v) is 11.1. The van der Waals surface area contributed by atoms with Gasteiger partial charge in [-0.05, 0) is 43.9 Å². The zero-order valence-corrected chi connectivity index (χ0v) is 18.4. The van der Waals surface area contributed by atoms with E-state index in [2.05, 4.69) is 25.0 Å². The van der Waals surface area contributed by atoms with Crippen molar-refractivity contribution in [1.29, 1.82) is 0 Å². The SMILES string of the molecule is Cc1cnn(-c2cc(N3CCC(C(=O)N4OCC[C@H]4c4ccc(C)nc4)CC3)ncn2)c1. The number of carbonyl (C=O) groups excluding carboxylic acids is 1. The van der Waals surface area contributed by atoms with Crippen LogP contribution in [0.1, 0.15) is 42.1 Å². The summed E-state index contributed by atoms with van der Waals surface area (Å²) in [4.78, 5) is 34.4. The highest BCUT2D eigenvalue weighted by molar-refractivity contribution is 5.79. The molecule has 0 aliphatic carbocycles. The lowest BCUT2D eigenvalue weighted by molar-refractivity contribution is -0.182. The maximum atomic E-state index is 13.3. The van der Waals surface area contributed by atoms with Gasteiger partial charge in [0.15, 0.2) is 5.82 Å². The molecule has 2 fully saturated rings. The number of hydrogen-bond donors (Lipinski definition) is 0. The van der Waals surface area contributed by atoms with Crippen molar-refractivity contribution in [2.75, 3.05) is 24.6 Å². The Morgan fingerprint density at radius 2 is 1.84 bits per heavy atom. The van der Waals surface area contributed by atoms with Crippen LogP contribution in [-0.4, -0.2) is 55.4 Å². The number of hydrogen-bond acceptors (Lipinski definition) is 7. The minimum absolute atomic E-state index is 0.0552. The van der Waals surface area contributed by atoms with Crippen molar-refractivity contribution in [2.45, 2.75) is 39.2 Å². The molecule has 1 amide bonds. The first-order valence-electron chi connectivity index (χ1n) is 11.1. The van der Waals surface area contributed by atoms with E-state index in [1.807, 2.05) is 44.4 Å². The Morgan fingerprint density at radius 3 is 2.56 bits per heavy atom. The van der Waals surface area contributed by atoms with Gasteiger partial charge in [0, 0.05) is 49.6 Å². The molecule has 3 aromatic heterocycles. The summed E-state index contributed by atoms with van der Waals surface area (Å²) >= 11 is 0. The lowest BCUT2D eigenvalue weighted by Gasteiger charge is -2.34. The quantitative estimate of drug-likeness (QED) is 0.625. The van der Waals surface area contributed by atoms with E-state index in [-0.39, 0.29) is 17.9 Å². The zero-order valence-electron chi connectivity index (χ0n) is 18.4. The molecule has 0 radical (unpaired) electrons.